The van der Waals surface area contributed by atoms with Crippen LogP contribution in [0.2, 0.25) is 11.6 Å². The number of carbonyl (C=O) groups excluding carboxylic acids is 2. The van der Waals surface area contributed by atoms with Gasteiger partial charge in [-0.15, -0.1) is 0 Å². The van der Waals surface area contributed by atoms with Crippen LogP contribution in [0.1, 0.15) is 26.7 Å². The van der Waals surface area contributed by atoms with Crippen molar-refractivity contribution in [3.63, 3.8) is 0 Å². The second-order valence-corrected chi connectivity index (χ2v) is 5.77. The number of hydrogen-bond acceptors (Lipinski definition) is 4. The fraction of sp³-hybridized carbons (Fsp3) is 0.833. The Balaban J connectivity index is 0.000000443. The van der Waals surface area contributed by atoms with E-state index in [0.29, 0.717) is 0 Å². The van der Waals surface area contributed by atoms with Gasteiger partial charge in [-0.05, 0) is 13.8 Å². The number of halogens is 6. The fourth-order valence-corrected chi connectivity index (χ4v) is 2.31. The Morgan fingerprint density at radius 1 is 0.800 bits per heavy atom. The van der Waals surface area contributed by atoms with E-state index in [2.05, 4.69) is 9.47 Å². The van der Waals surface area contributed by atoms with Crippen molar-refractivity contribution < 1.29 is 96.3 Å². The third-order valence-electron chi connectivity index (χ3n) is 3.83. The SMILES string of the molecule is CCOC(=O)[C@@H]1C[C@H]1[B-](F)(F)F.CCOC(=O)[C@H]1C[C@@H]1[B-](F)(F)F.[K+]. The van der Waals surface area contributed by atoms with Crippen LogP contribution in [0, 0.1) is 11.8 Å². The summed E-state index contributed by atoms with van der Waals surface area (Å²) < 4.78 is 80.6. The van der Waals surface area contributed by atoms with Crippen molar-refractivity contribution >= 4 is 25.9 Å². The molecule has 0 amide bonds. The van der Waals surface area contributed by atoms with Crippen molar-refractivity contribution in [1.82, 2.24) is 0 Å². The van der Waals surface area contributed by atoms with Gasteiger partial charge in [-0.3, -0.25) is 9.59 Å². The van der Waals surface area contributed by atoms with Crippen molar-refractivity contribution in [3.8, 4) is 0 Å². The first kappa shape index (κ1) is 25.3. The molecule has 2 fully saturated rings. The van der Waals surface area contributed by atoms with Gasteiger partial charge in [-0.1, -0.05) is 24.5 Å². The number of esters is 2. The number of hydrogen-bond donors (Lipinski definition) is 0. The predicted octanol–water partition coefficient (Wildman–Crippen LogP) is 0.578. The van der Waals surface area contributed by atoms with E-state index in [-0.39, 0.29) is 77.4 Å². The van der Waals surface area contributed by atoms with E-state index in [1.54, 1.807) is 13.8 Å². The van der Waals surface area contributed by atoms with Crippen LogP contribution in [0.5, 0.6) is 0 Å². The topological polar surface area (TPSA) is 52.6 Å². The Bertz CT molecular complexity index is 432. The van der Waals surface area contributed by atoms with Crippen LogP contribution in [0.25, 0.3) is 0 Å². The Hall–Kier alpha value is 0.286. The third-order valence-corrected chi connectivity index (χ3v) is 3.83. The fourth-order valence-electron chi connectivity index (χ4n) is 2.31. The monoisotopic (exact) mass is 401 g/mol. The van der Waals surface area contributed by atoms with Crippen LogP contribution in [-0.2, 0) is 19.1 Å². The molecule has 2 rings (SSSR count). The first-order chi connectivity index (χ1) is 10.9. The molecular weight excluding hydrogens is 383 g/mol. The smallest absolute Gasteiger partial charge is 0.466 e. The Morgan fingerprint density at radius 2 is 1.08 bits per heavy atom. The normalized spacial score (nSPS) is 27.2. The van der Waals surface area contributed by atoms with Gasteiger partial charge in [0.2, 0.25) is 0 Å². The van der Waals surface area contributed by atoms with Crippen molar-refractivity contribution in [3.05, 3.63) is 0 Å². The van der Waals surface area contributed by atoms with Crippen LogP contribution < -0.4 is 51.4 Å². The van der Waals surface area contributed by atoms with Gasteiger partial charge in [0.15, 0.2) is 0 Å². The summed E-state index contributed by atoms with van der Waals surface area (Å²) in [6, 6.07) is 0. The minimum atomic E-state index is -4.84. The molecule has 0 spiro atoms. The summed E-state index contributed by atoms with van der Waals surface area (Å²) in [5.74, 6) is -6.04. The van der Waals surface area contributed by atoms with E-state index in [9.17, 15) is 35.5 Å². The number of ether oxygens (including phenoxy) is 2. The van der Waals surface area contributed by atoms with Crippen molar-refractivity contribution in [2.45, 2.75) is 38.3 Å². The van der Waals surface area contributed by atoms with Gasteiger partial charge in [-0.2, -0.15) is 0 Å². The van der Waals surface area contributed by atoms with E-state index in [1.807, 2.05) is 0 Å². The van der Waals surface area contributed by atoms with Crippen LogP contribution in [-0.4, -0.2) is 39.1 Å². The molecule has 0 aromatic heterocycles. The minimum Gasteiger partial charge on any atom is -0.466 e. The summed E-state index contributed by atoms with van der Waals surface area (Å²) in [7, 11) is 0. The van der Waals surface area contributed by atoms with Crippen LogP contribution in [0.4, 0.5) is 25.9 Å². The molecule has 4 atom stereocenters. The van der Waals surface area contributed by atoms with Gasteiger partial charge in [0, 0.05) is 11.8 Å². The minimum absolute atomic E-state index is 0. The molecule has 0 bridgehead atoms. The average Bonchev–Trinajstić information content (AvgIpc) is 3.29. The van der Waals surface area contributed by atoms with Gasteiger partial charge in [0.1, 0.15) is 0 Å². The molecule has 0 unspecified atom stereocenters. The predicted molar refractivity (Wildman–Crippen MR) is 75.1 cm³/mol. The van der Waals surface area contributed by atoms with Crippen LogP contribution in [0.15, 0.2) is 0 Å². The Kier molecular flexibility index (Phi) is 10.1. The summed E-state index contributed by atoms with van der Waals surface area (Å²) in [5, 5.41) is 0. The Labute approximate surface area is 184 Å². The summed E-state index contributed by atoms with van der Waals surface area (Å²) >= 11 is 0. The van der Waals surface area contributed by atoms with Gasteiger partial charge >= 0.3 is 77.3 Å². The summed E-state index contributed by atoms with van der Waals surface area (Å²) in [6.07, 6.45) is -0.162. The van der Waals surface area contributed by atoms with E-state index in [4.69, 9.17) is 0 Å². The molecule has 4 nitrogen and oxygen atoms in total. The molecule has 2 aliphatic carbocycles. The number of rotatable bonds is 6. The van der Waals surface area contributed by atoms with Crippen molar-refractivity contribution in [2.75, 3.05) is 13.2 Å². The molecule has 0 heterocycles. The molecule has 0 aromatic carbocycles. The maximum atomic E-state index is 11.9. The van der Waals surface area contributed by atoms with Gasteiger partial charge in [0.05, 0.1) is 13.2 Å². The van der Waals surface area contributed by atoms with Gasteiger partial charge in [0.25, 0.3) is 0 Å². The molecule has 13 heteroatoms. The van der Waals surface area contributed by atoms with Gasteiger partial charge < -0.3 is 35.4 Å². The molecular formula is C12H18B2F6KO4-. The number of carbonyl (C=O) groups is 2. The summed E-state index contributed by atoms with van der Waals surface area (Å²) in [4.78, 5) is 21.5. The molecule has 140 valence electrons. The molecule has 0 N–H and O–H groups in total. The summed E-state index contributed by atoms with van der Waals surface area (Å²) in [6.45, 7) is -6.24. The summed E-state index contributed by atoms with van der Waals surface area (Å²) in [5.41, 5.74) is 0. The largest absolute Gasteiger partial charge is 1.00 e. The quantitative estimate of drug-likeness (QED) is 0.372. The molecule has 0 radical (unpaired) electrons. The van der Waals surface area contributed by atoms with E-state index < -0.39 is 49.4 Å². The van der Waals surface area contributed by atoms with Crippen molar-refractivity contribution in [2.24, 2.45) is 11.8 Å². The molecule has 0 saturated heterocycles. The zero-order valence-electron chi connectivity index (χ0n) is 14.2. The van der Waals surface area contributed by atoms with Gasteiger partial charge in [-0.25, -0.2) is 0 Å². The molecule has 0 aromatic rings. The molecule has 2 aliphatic rings. The molecule has 2 saturated carbocycles. The van der Waals surface area contributed by atoms with Crippen LogP contribution >= 0.6 is 0 Å². The van der Waals surface area contributed by atoms with E-state index in [1.165, 1.54) is 0 Å². The zero-order chi connectivity index (χ0) is 18.7. The molecule has 0 aliphatic heterocycles. The van der Waals surface area contributed by atoms with Crippen molar-refractivity contribution in [1.29, 1.82) is 0 Å². The maximum Gasteiger partial charge on any atom is 1.00 e. The zero-order valence-corrected chi connectivity index (χ0v) is 17.3. The standard InChI is InChI=1S/2C6H9BF3O2.K/c2*1-2-12-6(11)4-3-5(4)7(8,9)10;/h2*4-5H,2-3H2,1H3;/q2*-1;+1/t2*4-,5-;/m10./s1. The first-order valence-corrected chi connectivity index (χ1v) is 7.66. The van der Waals surface area contributed by atoms with Crippen LogP contribution in [0.3, 0.4) is 0 Å². The average molecular weight is 401 g/mol. The molecule has 25 heavy (non-hydrogen) atoms. The second kappa shape index (κ2) is 10.0. The van der Waals surface area contributed by atoms with E-state index in [0.717, 1.165) is 0 Å². The Morgan fingerprint density at radius 3 is 1.24 bits per heavy atom. The third kappa shape index (κ3) is 8.23. The second-order valence-electron chi connectivity index (χ2n) is 5.77. The maximum absolute atomic E-state index is 11.9. The van der Waals surface area contributed by atoms with E-state index >= 15 is 0 Å². The first-order valence-electron chi connectivity index (χ1n) is 7.66.